The number of carbonyl (C=O) groups is 1. The molecule has 26 heavy (non-hydrogen) atoms. The summed E-state index contributed by atoms with van der Waals surface area (Å²) in [7, 11) is -5.14. The standard InChI is InChI=1S/C14H12BrF3N2O4S2/c1-14(2,3)24-13(21)20(9-4-5-25-19-9)26(22,23)12-8(17)6-7(16)10(15)11(12)18/h4-6H,1-3H3. The molecule has 0 aliphatic heterocycles. The van der Waals surface area contributed by atoms with Gasteiger partial charge in [-0.2, -0.15) is 4.37 Å². The molecule has 1 aromatic carbocycles. The van der Waals surface area contributed by atoms with Crippen LogP contribution in [0.1, 0.15) is 20.8 Å². The van der Waals surface area contributed by atoms with Gasteiger partial charge in [0.1, 0.15) is 17.2 Å². The fourth-order valence-electron chi connectivity index (χ4n) is 1.81. The summed E-state index contributed by atoms with van der Waals surface area (Å²) < 4.78 is 75.4. The summed E-state index contributed by atoms with van der Waals surface area (Å²) in [5, 5.41) is 1.36. The number of hydrogen-bond acceptors (Lipinski definition) is 6. The van der Waals surface area contributed by atoms with E-state index < -0.39 is 54.4 Å². The molecule has 142 valence electrons. The molecule has 0 saturated heterocycles. The van der Waals surface area contributed by atoms with E-state index in [1.165, 1.54) is 26.2 Å². The first-order valence-corrected chi connectivity index (χ1v) is 9.95. The van der Waals surface area contributed by atoms with Crippen molar-refractivity contribution in [3.63, 3.8) is 0 Å². The molecule has 0 aliphatic rings. The Balaban J connectivity index is 2.69. The number of sulfonamides is 1. The highest BCUT2D eigenvalue weighted by Crippen LogP contribution is 2.33. The van der Waals surface area contributed by atoms with E-state index in [1.54, 1.807) is 0 Å². The maximum atomic E-state index is 14.3. The maximum Gasteiger partial charge on any atom is 0.430 e. The summed E-state index contributed by atoms with van der Waals surface area (Å²) in [5.41, 5.74) is -1.10. The minimum atomic E-state index is -5.14. The molecular weight excluding hydrogens is 461 g/mol. The van der Waals surface area contributed by atoms with E-state index >= 15 is 0 Å². The molecular formula is C14H12BrF3N2O4S2. The molecule has 0 saturated carbocycles. The number of carbonyl (C=O) groups excluding carboxylic acids is 1. The number of hydrogen-bond donors (Lipinski definition) is 0. The van der Waals surface area contributed by atoms with Gasteiger partial charge in [0.2, 0.25) is 0 Å². The molecule has 12 heteroatoms. The molecule has 0 bridgehead atoms. The lowest BCUT2D eigenvalue weighted by atomic mass is 10.2. The molecule has 0 atom stereocenters. The molecule has 1 heterocycles. The van der Waals surface area contributed by atoms with Crippen molar-refractivity contribution in [3.05, 3.63) is 39.4 Å². The number of ether oxygens (including phenoxy) is 1. The number of aromatic nitrogens is 1. The van der Waals surface area contributed by atoms with Crippen LogP contribution in [0.4, 0.5) is 23.8 Å². The van der Waals surface area contributed by atoms with Crippen LogP contribution < -0.4 is 4.31 Å². The molecule has 2 rings (SSSR count). The maximum absolute atomic E-state index is 14.3. The molecule has 0 aliphatic carbocycles. The van der Waals surface area contributed by atoms with Gasteiger partial charge in [-0.25, -0.2) is 26.4 Å². The summed E-state index contributed by atoms with van der Waals surface area (Å²) in [6, 6.07) is 1.34. The van der Waals surface area contributed by atoms with Gasteiger partial charge in [-0.3, -0.25) is 0 Å². The van der Waals surface area contributed by atoms with Gasteiger partial charge in [-0.1, -0.05) is 0 Å². The number of benzene rings is 1. The molecule has 0 fully saturated rings. The van der Waals surface area contributed by atoms with Gasteiger partial charge in [0.25, 0.3) is 10.0 Å². The van der Waals surface area contributed by atoms with Crippen LogP contribution in [0.5, 0.6) is 0 Å². The Bertz CT molecular complexity index is 944. The monoisotopic (exact) mass is 472 g/mol. The van der Waals surface area contributed by atoms with Gasteiger partial charge in [-0.05, 0) is 54.3 Å². The molecule has 0 N–H and O–H groups in total. The Morgan fingerprint density at radius 1 is 1.27 bits per heavy atom. The smallest absolute Gasteiger partial charge is 0.430 e. The average Bonchev–Trinajstić information content (AvgIpc) is 2.95. The van der Waals surface area contributed by atoms with Gasteiger partial charge in [0.15, 0.2) is 16.5 Å². The van der Waals surface area contributed by atoms with Gasteiger partial charge in [0.05, 0.1) is 4.47 Å². The van der Waals surface area contributed by atoms with Gasteiger partial charge in [0, 0.05) is 11.4 Å². The lowest BCUT2D eigenvalue weighted by Crippen LogP contribution is -2.41. The topological polar surface area (TPSA) is 76.6 Å². The summed E-state index contributed by atoms with van der Waals surface area (Å²) in [5.74, 6) is -5.17. The molecule has 2 aromatic rings. The third-order valence-corrected chi connectivity index (χ3v) is 5.75. The number of halogens is 4. The highest BCUT2D eigenvalue weighted by atomic mass is 79.9. The first-order valence-electron chi connectivity index (χ1n) is 6.88. The van der Waals surface area contributed by atoms with Crippen molar-refractivity contribution in [2.24, 2.45) is 0 Å². The Kier molecular flexibility index (Phi) is 5.69. The zero-order chi connectivity index (χ0) is 19.9. The number of amides is 1. The predicted molar refractivity (Wildman–Crippen MR) is 92.0 cm³/mol. The van der Waals surface area contributed by atoms with E-state index in [2.05, 4.69) is 20.3 Å². The van der Waals surface area contributed by atoms with Crippen LogP contribution in [-0.4, -0.2) is 24.5 Å². The highest BCUT2D eigenvalue weighted by molar-refractivity contribution is 9.10. The van der Waals surface area contributed by atoms with Crippen molar-refractivity contribution in [3.8, 4) is 0 Å². The molecule has 0 unspecified atom stereocenters. The Morgan fingerprint density at radius 3 is 2.38 bits per heavy atom. The van der Waals surface area contributed by atoms with Gasteiger partial charge in [-0.15, -0.1) is 4.31 Å². The van der Waals surface area contributed by atoms with E-state index in [0.29, 0.717) is 0 Å². The quantitative estimate of drug-likeness (QED) is 0.486. The van der Waals surface area contributed by atoms with E-state index in [1.807, 2.05) is 0 Å². The average molecular weight is 473 g/mol. The molecule has 6 nitrogen and oxygen atoms in total. The molecule has 1 amide bonds. The van der Waals surface area contributed by atoms with Crippen LogP contribution in [0.2, 0.25) is 0 Å². The first-order chi connectivity index (χ1) is 11.9. The molecule has 0 spiro atoms. The van der Waals surface area contributed by atoms with E-state index in [4.69, 9.17) is 4.74 Å². The van der Waals surface area contributed by atoms with Crippen LogP contribution in [0.25, 0.3) is 0 Å². The Morgan fingerprint density at radius 2 is 1.88 bits per heavy atom. The lowest BCUT2D eigenvalue weighted by Gasteiger charge is -2.25. The van der Waals surface area contributed by atoms with Crippen molar-refractivity contribution in [2.75, 3.05) is 4.31 Å². The zero-order valence-electron chi connectivity index (χ0n) is 13.6. The van der Waals surface area contributed by atoms with Gasteiger partial charge >= 0.3 is 6.09 Å². The first kappa shape index (κ1) is 20.6. The van der Waals surface area contributed by atoms with Crippen LogP contribution in [-0.2, 0) is 14.8 Å². The van der Waals surface area contributed by atoms with Crippen molar-refractivity contribution in [1.29, 1.82) is 0 Å². The highest BCUT2D eigenvalue weighted by Gasteiger charge is 2.40. The largest absolute Gasteiger partial charge is 0.443 e. The zero-order valence-corrected chi connectivity index (χ0v) is 16.8. The minimum Gasteiger partial charge on any atom is -0.443 e. The fourth-order valence-corrected chi connectivity index (χ4v) is 4.19. The summed E-state index contributed by atoms with van der Waals surface area (Å²) >= 11 is 3.32. The van der Waals surface area contributed by atoms with E-state index in [0.717, 1.165) is 17.6 Å². The minimum absolute atomic E-state index is 0.0284. The van der Waals surface area contributed by atoms with E-state index in [9.17, 15) is 26.4 Å². The van der Waals surface area contributed by atoms with Crippen LogP contribution in [0, 0.1) is 17.5 Å². The Labute approximate surface area is 159 Å². The van der Waals surface area contributed by atoms with Crippen molar-refractivity contribution >= 4 is 49.4 Å². The summed E-state index contributed by atoms with van der Waals surface area (Å²) in [4.78, 5) is 10.9. The number of anilines is 1. The summed E-state index contributed by atoms with van der Waals surface area (Å²) in [6.07, 6.45) is -1.41. The van der Waals surface area contributed by atoms with Crippen LogP contribution in [0.3, 0.4) is 0 Å². The van der Waals surface area contributed by atoms with E-state index in [-0.39, 0.29) is 10.4 Å². The van der Waals surface area contributed by atoms with Crippen molar-refractivity contribution < 1.29 is 31.1 Å². The Hall–Kier alpha value is -1.66. The summed E-state index contributed by atoms with van der Waals surface area (Å²) in [6.45, 7) is 4.44. The predicted octanol–water partition coefficient (Wildman–Crippen LogP) is 4.45. The second kappa shape index (κ2) is 7.16. The fraction of sp³-hybridized carbons (Fsp3) is 0.286. The third kappa shape index (κ3) is 4.01. The normalized spacial score (nSPS) is 12.1. The van der Waals surface area contributed by atoms with Crippen LogP contribution >= 0.6 is 27.5 Å². The second-order valence-electron chi connectivity index (χ2n) is 5.90. The van der Waals surface area contributed by atoms with Crippen molar-refractivity contribution in [1.82, 2.24) is 4.37 Å². The SMILES string of the molecule is CC(C)(C)OC(=O)N(c1ccsn1)S(=O)(=O)c1c(F)cc(F)c(Br)c1F. The second-order valence-corrected chi connectivity index (χ2v) is 9.09. The third-order valence-electron chi connectivity index (χ3n) is 2.76. The lowest BCUT2D eigenvalue weighted by molar-refractivity contribution is 0.0608. The van der Waals surface area contributed by atoms with Crippen LogP contribution in [0.15, 0.2) is 26.9 Å². The van der Waals surface area contributed by atoms with Gasteiger partial charge < -0.3 is 4.74 Å². The van der Waals surface area contributed by atoms with Crippen molar-refractivity contribution in [2.45, 2.75) is 31.3 Å². The number of nitrogens with zero attached hydrogens (tertiary/aromatic N) is 2. The number of rotatable bonds is 3. The molecule has 1 aromatic heterocycles. The molecule has 0 radical (unpaired) electrons.